The molecule has 2 aliphatic rings. The second-order valence-corrected chi connectivity index (χ2v) is 10.2. The summed E-state index contributed by atoms with van der Waals surface area (Å²) in [6.45, 7) is 4.34. The van der Waals surface area contributed by atoms with Crippen LogP contribution in [0, 0.1) is 0 Å². The molecule has 0 bridgehead atoms. The van der Waals surface area contributed by atoms with Gasteiger partial charge >= 0.3 is 29.8 Å². The van der Waals surface area contributed by atoms with Gasteiger partial charge in [0.25, 0.3) is 0 Å². The first-order valence-corrected chi connectivity index (χ1v) is 13.5. The molecular weight excluding hydrogens is 540 g/mol. The summed E-state index contributed by atoms with van der Waals surface area (Å²) in [5, 5.41) is 0. The van der Waals surface area contributed by atoms with Crippen LogP contribution in [0.1, 0.15) is 77.0 Å². The molecule has 3 rings (SSSR count). The maximum Gasteiger partial charge on any atom is 0.316 e. The molecule has 1 aromatic carbocycles. The lowest BCUT2D eigenvalue weighted by Gasteiger charge is -2.45. The topological polar surface area (TPSA) is 150 Å². The normalized spacial score (nSPS) is 25.3. The highest BCUT2D eigenvalue weighted by Gasteiger charge is 2.53. The molecule has 2 fully saturated rings. The van der Waals surface area contributed by atoms with E-state index in [1.165, 1.54) is 28.1 Å². The van der Waals surface area contributed by atoms with Crippen molar-refractivity contribution in [1.82, 2.24) is 0 Å². The predicted octanol–water partition coefficient (Wildman–Crippen LogP) is 2.87. The zero-order valence-corrected chi connectivity index (χ0v) is 24.3. The van der Waals surface area contributed by atoms with E-state index in [9.17, 15) is 24.0 Å². The van der Waals surface area contributed by atoms with Crippen LogP contribution in [-0.4, -0.2) is 75.1 Å². The largest absolute Gasteiger partial charge is 0.496 e. The lowest BCUT2D eigenvalue weighted by molar-refractivity contribution is -0.254. The van der Waals surface area contributed by atoms with Crippen molar-refractivity contribution in [3.8, 4) is 5.75 Å². The van der Waals surface area contributed by atoms with E-state index in [1.807, 2.05) is 0 Å². The van der Waals surface area contributed by atoms with Gasteiger partial charge in [0.1, 0.15) is 24.6 Å². The third kappa shape index (κ3) is 7.35. The Morgan fingerprint density at radius 2 is 1.39 bits per heavy atom. The van der Waals surface area contributed by atoms with Gasteiger partial charge < -0.3 is 33.2 Å². The molecular formula is C29H38O12. The van der Waals surface area contributed by atoms with E-state index in [4.69, 9.17) is 33.2 Å². The molecule has 1 aliphatic heterocycles. The van der Waals surface area contributed by atoms with Gasteiger partial charge in [-0.05, 0) is 30.5 Å². The zero-order valence-electron chi connectivity index (χ0n) is 24.3. The minimum absolute atomic E-state index is 0.338. The third-order valence-corrected chi connectivity index (χ3v) is 7.36. The fraction of sp³-hybridized carbons (Fsp3) is 0.621. The van der Waals surface area contributed by atoms with Crippen LogP contribution < -0.4 is 4.74 Å². The van der Waals surface area contributed by atoms with Crippen LogP contribution in [0.3, 0.4) is 0 Å². The molecule has 0 aromatic heterocycles. The van der Waals surface area contributed by atoms with Crippen LogP contribution >= 0.6 is 0 Å². The number of rotatable bonds is 9. The summed E-state index contributed by atoms with van der Waals surface area (Å²) in [6.07, 6.45) is -2.41. The Balaban J connectivity index is 2.22. The van der Waals surface area contributed by atoms with E-state index < -0.39 is 59.8 Å². The maximum atomic E-state index is 13.2. The number of benzene rings is 1. The number of methoxy groups -OCH3 is 2. The minimum Gasteiger partial charge on any atom is -0.496 e. The highest BCUT2D eigenvalue weighted by molar-refractivity contribution is 5.83. The van der Waals surface area contributed by atoms with Crippen molar-refractivity contribution >= 4 is 29.8 Å². The fourth-order valence-corrected chi connectivity index (χ4v) is 5.69. The summed E-state index contributed by atoms with van der Waals surface area (Å²) in [5.41, 5.74) is 0.135. The number of esters is 5. The van der Waals surface area contributed by atoms with Crippen molar-refractivity contribution in [3.63, 3.8) is 0 Å². The van der Waals surface area contributed by atoms with Gasteiger partial charge in [-0.2, -0.15) is 0 Å². The monoisotopic (exact) mass is 578 g/mol. The summed E-state index contributed by atoms with van der Waals surface area (Å²) in [7, 11) is 2.79. The molecule has 0 radical (unpaired) electrons. The van der Waals surface area contributed by atoms with Gasteiger partial charge in [0.15, 0.2) is 18.3 Å². The van der Waals surface area contributed by atoms with Crippen LogP contribution in [0.2, 0.25) is 0 Å². The van der Waals surface area contributed by atoms with E-state index in [2.05, 4.69) is 0 Å². The van der Waals surface area contributed by atoms with Crippen LogP contribution in [0.5, 0.6) is 5.75 Å². The Kier molecular flexibility index (Phi) is 10.7. The van der Waals surface area contributed by atoms with Crippen molar-refractivity contribution in [1.29, 1.82) is 0 Å². The zero-order chi connectivity index (χ0) is 30.3. The number of carbonyl (C=O) groups excluding carboxylic acids is 5. The molecule has 226 valence electrons. The average molecular weight is 579 g/mol. The second-order valence-electron chi connectivity index (χ2n) is 10.2. The van der Waals surface area contributed by atoms with Gasteiger partial charge in [-0.1, -0.05) is 25.3 Å². The predicted molar refractivity (Wildman–Crippen MR) is 141 cm³/mol. The SMILES string of the molecule is COC(=O)C1(c2ccc(OC)c([C@@H]3O[C@H](COC(C)=O)[C@H](OC(C)=O)[C@H](OC(C)=O)[C@H]3OC(C)=O)c2)CCCCC1. The third-order valence-electron chi connectivity index (χ3n) is 7.36. The molecule has 1 saturated heterocycles. The van der Waals surface area contributed by atoms with E-state index in [0.29, 0.717) is 29.7 Å². The molecule has 12 heteroatoms. The first kappa shape index (κ1) is 31.9. The Morgan fingerprint density at radius 1 is 0.805 bits per heavy atom. The van der Waals surface area contributed by atoms with Crippen molar-refractivity contribution < 1.29 is 57.1 Å². The van der Waals surface area contributed by atoms with Gasteiger partial charge in [0.05, 0.1) is 19.6 Å². The molecule has 0 unspecified atom stereocenters. The quantitative estimate of drug-likeness (QED) is 0.313. The van der Waals surface area contributed by atoms with E-state index in [0.717, 1.165) is 33.1 Å². The maximum absolute atomic E-state index is 13.2. The molecule has 1 aromatic rings. The van der Waals surface area contributed by atoms with Gasteiger partial charge in [-0.15, -0.1) is 0 Å². The summed E-state index contributed by atoms with van der Waals surface area (Å²) in [4.78, 5) is 61.4. The van der Waals surface area contributed by atoms with Crippen LogP contribution in [-0.2, 0) is 57.8 Å². The lowest BCUT2D eigenvalue weighted by atomic mass is 9.69. The molecule has 5 atom stereocenters. The molecule has 0 spiro atoms. The summed E-state index contributed by atoms with van der Waals surface area (Å²) >= 11 is 0. The number of hydrogen-bond donors (Lipinski definition) is 0. The molecule has 1 heterocycles. The van der Waals surface area contributed by atoms with Crippen molar-refractivity contribution in [2.24, 2.45) is 0 Å². The molecule has 1 saturated carbocycles. The van der Waals surface area contributed by atoms with Crippen molar-refractivity contribution in [2.75, 3.05) is 20.8 Å². The van der Waals surface area contributed by atoms with Gasteiger partial charge in [-0.25, -0.2) is 0 Å². The van der Waals surface area contributed by atoms with Crippen molar-refractivity contribution in [3.05, 3.63) is 29.3 Å². The Morgan fingerprint density at radius 3 is 1.93 bits per heavy atom. The van der Waals surface area contributed by atoms with Crippen LogP contribution in [0.4, 0.5) is 0 Å². The second kappa shape index (κ2) is 13.8. The van der Waals surface area contributed by atoms with E-state index in [-0.39, 0.29) is 12.6 Å². The number of ether oxygens (including phenoxy) is 7. The molecule has 41 heavy (non-hydrogen) atoms. The molecule has 12 nitrogen and oxygen atoms in total. The summed E-state index contributed by atoms with van der Waals surface area (Å²) < 4.78 is 39.1. The minimum atomic E-state index is -1.34. The molecule has 0 amide bonds. The lowest BCUT2D eigenvalue weighted by Crippen LogP contribution is -2.59. The van der Waals surface area contributed by atoms with E-state index >= 15 is 0 Å². The Bertz CT molecular complexity index is 1140. The highest BCUT2D eigenvalue weighted by Crippen LogP contribution is 2.45. The first-order chi connectivity index (χ1) is 19.4. The van der Waals surface area contributed by atoms with Crippen LogP contribution in [0.15, 0.2) is 18.2 Å². The van der Waals surface area contributed by atoms with Gasteiger partial charge in [0, 0.05) is 33.3 Å². The highest BCUT2D eigenvalue weighted by atomic mass is 16.7. The number of carbonyl (C=O) groups is 5. The van der Waals surface area contributed by atoms with E-state index in [1.54, 1.807) is 18.2 Å². The van der Waals surface area contributed by atoms with Crippen molar-refractivity contribution in [2.45, 2.75) is 95.7 Å². The summed E-state index contributed by atoms with van der Waals surface area (Å²) in [6, 6.07) is 5.20. The van der Waals surface area contributed by atoms with Gasteiger partial charge in [-0.3, -0.25) is 24.0 Å². The summed E-state index contributed by atoms with van der Waals surface area (Å²) in [5.74, 6) is -2.81. The van der Waals surface area contributed by atoms with Gasteiger partial charge in [0.2, 0.25) is 0 Å². The smallest absolute Gasteiger partial charge is 0.316 e. The standard InChI is InChI=1S/C29H38O12/c1-16(30)37-15-23-25(38-17(2)31)27(40-19(4)33)26(39-18(3)32)24(41-23)21-14-20(10-11-22(21)35-5)29(28(34)36-6)12-8-7-9-13-29/h10-11,14,23-27H,7-9,12-13,15H2,1-6H3/t23-,24+,25+,26+,27+/m1/s1. The van der Waals surface area contributed by atoms with Crippen LogP contribution in [0.25, 0.3) is 0 Å². The molecule has 1 aliphatic carbocycles. The molecule has 0 N–H and O–H groups in total. The fourth-order valence-electron chi connectivity index (χ4n) is 5.69. The first-order valence-electron chi connectivity index (χ1n) is 13.5. The average Bonchev–Trinajstić information content (AvgIpc) is 2.93. The Labute approximate surface area is 238 Å². The number of hydrogen-bond acceptors (Lipinski definition) is 12. The Hall–Kier alpha value is -3.67.